The summed E-state index contributed by atoms with van der Waals surface area (Å²) < 4.78 is 2.29. The van der Waals surface area contributed by atoms with Gasteiger partial charge in [0.1, 0.15) is 11.6 Å². The number of likely N-dealkylation sites (tertiary alicyclic amines) is 1. The summed E-state index contributed by atoms with van der Waals surface area (Å²) in [6.45, 7) is 2.79. The van der Waals surface area contributed by atoms with Gasteiger partial charge in [-0.15, -0.1) is 0 Å². The molecule has 6 nitrogen and oxygen atoms in total. The van der Waals surface area contributed by atoms with E-state index >= 15 is 0 Å². The Kier molecular flexibility index (Phi) is 5.04. The third-order valence-electron chi connectivity index (χ3n) is 6.04. The largest absolute Gasteiger partial charge is 0.396 e. The molecule has 6 heteroatoms. The normalized spacial score (nSPS) is 18.0. The van der Waals surface area contributed by atoms with E-state index < -0.39 is 0 Å². The first kappa shape index (κ1) is 18.3. The van der Waals surface area contributed by atoms with Crippen LogP contribution in [0.25, 0.3) is 22.1 Å². The topological polar surface area (TPSA) is 70.0 Å². The van der Waals surface area contributed by atoms with Crippen LogP contribution in [-0.2, 0) is 13.1 Å². The van der Waals surface area contributed by atoms with Crippen molar-refractivity contribution in [1.29, 1.82) is 0 Å². The van der Waals surface area contributed by atoms with Crippen LogP contribution in [0.4, 0.5) is 0 Å². The van der Waals surface area contributed by atoms with Crippen LogP contribution in [0.2, 0.25) is 0 Å². The predicted octanol–water partition coefficient (Wildman–Crippen LogP) is 3.70. The standard InChI is InChI=1S/C23H27N5O/c29-14-12-17-7-5-6-13-27(17)16-23-26-20-10-3-4-11-21(20)28(23)15-22-24-18-8-1-2-9-19(18)25-22/h1-4,8-11,17,29H,5-7,12-16H2,(H,24,25). The quantitative estimate of drug-likeness (QED) is 0.528. The molecule has 0 spiro atoms. The minimum atomic E-state index is 0.247. The summed E-state index contributed by atoms with van der Waals surface area (Å²) in [6.07, 6.45) is 4.45. The molecule has 3 heterocycles. The molecular weight excluding hydrogens is 362 g/mol. The SMILES string of the molecule is OCCC1CCCCN1Cc1nc2ccccc2n1Cc1nc2ccccc2[nH]1. The Balaban J connectivity index is 1.50. The number of hydrogen-bond acceptors (Lipinski definition) is 4. The summed E-state index contributed by atoms with van der Waals surface area (Å²) in [5.41, 5.74) is 4.22. The highest BCUT2D eigenvalue weighted by Crippen LogP contribution is 2.24. The Bertz CT molecular complexity index is 1080. The van der Waals surface area contributed by atoms with Crippen molar-refractivity contribution in [2.75, 3.05) is 13.2 Å². The lowest BCUT2D eigenvalue weighted by molar-refractivity contribution is 0.109. The van der Waals surface area contributed by atoms with Crippen LogP contribution in [0.3, 0.4) is 0 Å². The van der Waals surface area contributed by atoms with Gasteiger partial charge in [0, 0.05) is 12.6 Å². The molecule has 1 fully saturated rings. The number of aliphatic hydroxyl groups excluding tert-OH is 1. The zero-order valence-corrected chi connectivity index (χ0v) is 16.6. The molecular formula is C23H27N5O. The van der Waals surface area contributed by atoms with Crippen LogP contribution in [0.1, 0.15) is 37.3 Å². The molecule has 0 radical (unpaired) electrons. The van der Waals surface area contributed by atoms with E-state index in [-0.39, 0.29) is 6.61 Å². The molecule has 1 saturated heterocycles. The van der Waals surface area contributed by atoms with Gasteiger partial charge in [-0.3, -0.25) is 4.90 Å². The number of hydrogen-bond donors (Lipinski definition) is 2. The summed E-state index contributed by atoms with van der Waals surface area (Å²) in [5.74, 6) is 2.01. The molecule has 4 aromatic rings. The zero-order chi connectivity index (χ0) is 19.6. The van der Waals surface area contributed by atoms with E-state index in [1.165, 1.54) is 12.8 Å². The lowest BCUT2D eigenvalue weighted by atomic mass is 10.00. The van der Waals surface area contributed by atoms with Gasteiger partial charge < -0.3 is 14.7 Å². The van der Waals surface area contributed by atoms with Gasteiger partial charge in [0.05, 0.1) is 35.2 Å². The van der Waals surface area contributed by atoms with Crippen molar-refractivity contribution >= 4 is 22.1 Å². The number of imidazole rings is 2. The van der Waals surface area contributed by atoms with Gasteiger partial charge in [-0.1, -0.05) is 30.7 Å². The van der Waals surface area contributed by atoms with Crippen LogP contribution in [0, 0.1) is 0 Å². The summed E-state index contributed by atoms with van der Waals surface area (Å²) >= 11 is 0. The molecule has 1 atom stereocenters. The lowest BCUT2D eigenvalue weighted by Gasteiger charge is -2.35. The fraction of sp³-hybridized carbons (Fsp3) is 0.391. The summed E-state index contributed by atoms with van der Waals surface area (Å²) in [5, 5.41) is 9.48. The Morgan fingerprint density at radius 1 is 0.966 bits per heavy atom. The maximum atomic E-state index is 9.48. The lowest BCUT2D eigenvalue weighted by Crippen LogP contribution is -2.40. The number of aromatic amines is 1. The van der Waals surface area contributed by atoms with Gasteiger partial charge >= 0.3 is 0 Å². The number of para-hydroxylation sites is 4. The fourth-order valence-corrected chi connectivity index (χ4v) is 4.58. The maximum Gasteiger partial charge on any atom is 0.127 e. The van der Waals surface area contributed by atoms with Crippen LogP contribution in [0.5, 0.6) is 0 Å². The van der Waals surface area contributed by atoms with Gasteiger partial charge in [0.15, 0.2) is 0 Å². The van der Waals surface area contributed by atoms with Crippen molar-refractivity contribution in [2.45, 2.75) is 44.8 Å². The Morgan fingerprint density at radius 3 is 2.66 bits per heavy atom. The molecule has 29 heavy (non-hydrogen) atoms. The van der Waals surface area contributed by atoms with Crippen LogP contribution < -0.4 is 0 Å². The number of nitrogens with zero attached hydrogens (tertiary/aromatic N) is 4. The second kappa shape index (κ2) is 7.97. The van der Waals surface area contributed by atoms with E-state index in [0.717, 1.165) is 59.6 Å². The van der Waals surface area contributed by atoms with Crippen molar-refractivity contribution in [1.82, 2.24) is 24.4 Å². The molecule has 1 aliphatic rings. The monoisotopic (exact) mass is 389 g/mol. The molecule has 150 valence electrons. The highest BCUT2D eigenvalue weighted by molar-refractivity contribution is 5.77. The molecule has 2 aromatic heterocycles. The number of rotatable bonds is 6. The van der Waals surface area contributed by atoms with Gasteiger partial charge in [-0.2, -0.15) is 0 Å². The van der Waals surface area contributed by atoms with E-state index in [1.54, 1.807) is 0 Å². The van der Waals surface area contributed by atoms with Crippen molar-refractivity contribution in [3.63, 3.8) is 0 Å². The number of aromatic nitrogens is 4. The maximum absolute atomic E-state index is 9.48. The first-order chi connectivity index (χ1) is 14.3. The molecule has 1 unspecified atom stereocenters. The molecule has 2 N–H and O–H groups in total. The Morgan fingerprint density at radius 2 is 1.79 bits per heavy atom. The summed E-state index contributed by atoms with van der Waals surface area (Å²) in [4.78, 5) is 15.7. The van der Waals surface area contributed by atoms with E-state index in [0.29, 0.717) is 12.6 Å². The van der Waals surface area contributed by atoms with Gasteiger partial charge in [-0.25, -0.2) is 9.97 Å². The van der Waals surface area contributed by atoms with E-state index in [1.807, 2.05) is 24.3 Å². The van der Waals surface area contributed by atoms with Crippen LogP contribution >= 0.6 is 0 Å². The smallest absolute Gasteiger partial charge is 0.127 e. The molecule has 2 aromatic carbocycles. The van der Waals surface area contributed by atoms with E-state index in [4.69, 9.17) is 9.97 Å². The van der Waals surface area contributed by atoms with Gasteiger partial charge in [-0.05, 0) is 50.1 Å². The van der Waals surface area contributed by atoms with Crippen LogP contribution in [0.15, 0.2) is 48.5 Å². The minimum absolute atomic E-state index is 0.247. The van der Waals surface area contributed by atoms with Gasteiger partial charge in [0.2, 0.25) is 0 Å². The second-order valence-corrected chi connectivity index (χ2v) is 7.94. The van der Waals surface area contributed by atoms with Crippen molar-refractivity contribution in [3.05, 3.63) is 60.2 Å². The van der Waals surface area contributed by atoms with E-state index in [2.05, 4.69) is 38.7 Å². The molecule has 5 rings (SSSR count). The first-order valence-electron chi connectivity index (χ1n) is 10.5. The van der Waals surface area contributed by atoms with Crippen molar-refractivity contribution in [3.8, 4) is 0 Å². The third kappa shape index (κ3) is 3.66. The first-order valence-corrected chi connectivity index (χ1v) is 10.5. The zero-order valence-electron chi connectivity index (χ0n) is 16.6. The average Bonchev–Trinajstić information content (AvgIpc) is 3.31. The number of benzene rings is 2. The number of H-pyrrole nitrogens is 1. The van der Waals surface area contributed by atoms with E-state index in [9.17, 15) is 5.11 Å². The van der Waals surface area contributed by atoms with Gasteiger partial charge in [0.25, 0.3) is 0 Å². The molecule has 0 aliphatic carbocycles. The highest BCUT2D eigenvalue weighted by Gasteiger charge is 2.24. The minimum Gasteiger partial charge on any atom is -0.396 e. The molecule has 0 bridgehead atoms. The van der Waals surface area contributed by atoms with Crippen molar-refractivity contribution in [2.24, 2.45) is 0 Å². The molecule has 1 aliphatic heterocycles. The van der Waals surface area contributed by atoms with Crippen molar-refractivity contribution < 1.29 is 5.11 Å². The fourth-order valence-electron chi connectivity index (χ4n) is 4.58. The van der Waals surface area contributed by atoms with Crippen LogP contribution in [-0.4, -0.2) is 48.7 Å². The number of fused-ring (bicyclic) bond motifs is 2. The molecule has 0 saturated carbocycles. The Hall–Kier alpha value is -2.70. The summed E-state index contributed by atoms with van der Waals surface area (Å²) in [7, 11) is 0. The predicted molar refractivity (Wildman–Crippen MR) is 115 cm³/mol. The number of aliphatic hydroxyl groups is 1. The third-order valence-corrected chi connectivity index (χ3v) is 6.04. The molecule has 0 amide bonds. The number of nitrogens with one attached hydrogen (secondary N) is 1. The summed E-state index contributed by atoms with van der Waals surface area (Å²) in [6, 6.07) is 16.9. The highest BCUT2D eigenvalue weighted by atomic mass is 16.3. The Labute approximate surface area is 170 Å². The second-order valence-electron chi connectivity index (χ2n) is 7.94. The number of piperidine rings is 1. The average molecular weight is 390 g/mol.